The molecular weight excluding hydrogens is 356 g/mol. The van der Waals surface area contributed by atoms with Gasteiger partial charge < -0.3 is 19.9 Å². The van der Waals surface area contributed by atoms with Gasteiger partial charge in [0.2, 0.25) is 0 Å². The number of nitrogens with zero attached hydrogens (tertiary/aromatic N) is 4. The Labute approximate surface area is 163 Å². The van der Waals surface area contributed by atoms with Crippen LogP contribution in [0.5, 0.6) is 5.75 Å². The highest BCUT2D eigenvalue weighted by Crippen LogP contribution is 2.20. The van der Waals surface area contributed by atoms with Gasteiger partial charge in [-0.15, -0.1) is 0 Å². The molecule has 28 heavy (non-hydrogen) atoms. The Kier molecular flexibility index (Phi) is 4.77. The summed E-state index contributed by atoms with van der Waals surface area (Å²) in [7, 11) is 1.64. The molecule has 146 valence electrons. The number of aromatic nitrogens is 4. The van der Waals surface area contributed by atoms with Crippen LogP contribution in [0.3, 0.4) is 0 Å². The van der Waals surface area contributed by atoms with Gasteiger partial charge in [0.25, 0.3) is 0 Å². The van der Waals surface area contributed by atoms with E-state index in [0.29, 0.717) is 13.1 Å². The van der Waals surface area contributed by atoms with E-state index in [4.69, 9.17) is 4.74 Å². The number of benzene rings is 1. The average Bonchev–Trinajstić information content (AvgIpc) is 3.33. The third-order valence-electron chi connectivity index (χ3n) is 5.00. The van der Waals surface area contributed by atoms with Crippen molar-refractivity contribution in [3.63, 3.8) is 0 Å². The van der Waals surface area contributed by atoms with Crippen LogP contribution in [-0.4, -0.2) is 44.3 Å². The van der Waals surface area contributed by atoms with Crippen molar-refractivity contribution in [2.45, 2.75) is 32.9 Å². The fourth-order valence-corrected chi connectivity index (χ4v) is 3.42. The van der Waals surface area contributed by atoms with E-state index in [0.717, 1.165) is 40.6 Å². The van der Waals surface area contributed by atoms with Gasteiger partial charge in [-0.1, -0.05) is 6.07 Å². The third kappa shape index (κ3) is 3.58. The smallest absolute Gasteiger partial charge is 0.318 e. The number of H-pyrrole nitrogens is 1. The van der Waals surface area contributed by atoms with Gasteiger partial charge >= 0.3 is 6.03 Å². The van der Waals surface area contributed by atoms with Gasteiger partial charge in [0.1, 0.15) is 11.6 Å². The predicted octanol–water partition coefficient (Wildman–Crippen LogP) is 2.74. The molecule has 0 spiro atoms. The molecule has 0 radical (unpaired) electrons. The summed E-state index contributed by atoms with van der Waals surface area (Å²) in [5.41, 5.74) is 3.93. The molecule has 3 aromatic rings. The molecule has 1 aromatic carbocycles. The first-order chi connectivity index (χ1) is 13.5. The number of hydrogen-bond acceptors (Lipinski definition) is 4. The second-order valence-electron chi connectivity index (χ2n) is 7.01. The monoisotopic (exact) mass is 380 g/mol. The lowest BCUT2D eigenvalue weighted by Crippen LogP contribution is -2.43. The first-order valence-electron chi connectivity index (χ1n) is 9.32. The van der Waals surface area contributed by atoms with Gasteiger partial charge in [-0.2, -0.15) is 5.10 Å². The predicted molar refractivity (Wildman–Crippen MR) is 105 cm³/mol. The van der Waals surface area contributed by atoms with Gasteiger partial charge in [-0.05, 0) is 26.0 Å². The third-order valence-corrected chi connectivity index (χ3v) is 5.00. The summed E-state index contributed by atoms with van der Waals surface area (Å²) in [5, 5.41) is 7.48. The Morgan fingerprint density at radius 3 is 3.07 bits per heavy atom. The number of fused-ring (bicyclic) bond motifs is 1. The number of aromatic amines is 1. The molecular formula is C20H24N6O2. The van der Waals surface area contributed by atoms with Gasteiger partial charge in [0, 0.05) is 30.8 Å². The minimum atomic E-state index is -0.156. The number of urea groups is 1. The number of amides is 2. The minimum Gasteiger partial charge on any atom is -0.497 e. The summed E-state index contributed by atoms with van der Waals surface area (Å²) >= 11 is 0. The minimum absolute atomic E-state index is 0.0838. The topological polar surface area (TPSA) is 88.1 Å². The molecule has 0 unspecified atom stereocenters. The number of hydrogen-bond donors (Lipinski definition) is 2. The zero-order valence-corrected chi connectivity index (χ0v) is 16.3. The number of imidazole rings is 1. The van der Waals surface area contributed by atoms with Crippen molar-refractivity contribution in [1.29, 1.82) is 0 Å². The molecule has 2 N–H and O–H groups in total. The molecule has 1 atom stereocenters. The van der Waals surface area contributed by atoms with Crippen LogP contribution in [0.15, 0.2) is 36.7 Å². The van der Waals surface area contributed by atoms with Crippen molar-refractivity contribution in [3.8, 4) is 11.4 Å². The Hall–Kier alpha value is -3.29. The average molecular weight is 380 g/mol. The Balaban J connectivity index is 1.42. The number of ether oxygens (including phenoxy) is 1. The van der Waals surface area contributed by atoms with Gasteiger partial charge in [-0.3, -0.25) is 0 Å². The second-order valence-corrected chi connectivity index (χ2v) is 7.01. The van der Waals surface area contributed by atoms with Crippen LogP contribution in [-0.2, 0) is 13.0 Å². The van der Waals surface area contributed by atoms with Crippen molar-refractivity contribution in [2.24, 2.45) is 0 Å². The van der Waals surface area contributed by atoms with E-state index >= 15 is 0 Å². The van der Waals surface area contributed by atoms with Crippen LogP contribution in [0.2, 0.25) is 0 Å². The first kappa shape index (κ1) is 18.1. The van der Waals surface area contributed by atoms with Crippen molar-refractivity contribution >= 4 is 6.03 Å². The van der Waals surface area contributed by atoms with Gasteiger partial charge in [-0.25, -0.2) is 14.5 Å². The van der Waals surface area contributed by atoms with Gasteiger partial charge in [0.15, 0.2) is 0 Å². The number of carbonyl (C=O) groups is 1. The SMILES string of the molecule is COc1cccc(-n2cc([C@@H](C)NC(=O)N3CCc4nc(C)[nH]c4C3)cn2)c1. The van der Waals surface area contributed by atoms with E-state index in [1.165, 1.54) is 0 Å². The summed E-state index contributed by atoms with van der Waals surface area (Å²) in [6.45, 7) is 5.11. The highest BCUT2D eigenvalue weighted by Gasteiger charge is 2.24. The van der Waals surface area contributed by atoms with Crippen LogP contribution >= 0.6 is 0 Å². The molecule has 0 saturated carbocycles. The maximum Gasteiger partial charge on any atom is 0.318 e. The lowest BCUT2D eigenvalue weighted by atomic mass is 10.1. The number of rotatable bonds is 4. The summed E-state index contributed by atoms with van der Waals surface area (Å²) in [5.74, 6) is 1.67. The van der Waals surface area contributed by atoms with Crippen LogP contribution in [0.1, 0.15) is 35.7 Å². The fraction of sp³-hybridized carbons (Fsp3) is 0.350. The van der Waals surface area contributed by atoms with Crippen molar-refractivity contribution in [1.82, 2.24) is 30.0 Å². The summed E-state index contributed by atoms with van der Waals surface area (Å²) in [6.07, 6.45) is 4.47. The number of nitrogens with one attached hydrogen (secondary N) is 2. The second kappa shape index (κ2) is 7.38. The van der Waals surface area contributed by atoms with Crippen LogP contribution in [0, 0.1) is 6.92 Å². The zero-order valence-electron chi connectivity index (χ0n) is 16.3. The lowest BCUT2D eigenvalue weighted by Gasteiger charge is -2.27. The normalized spacial score (nSPS) is 14.5. The maximum atomic E-state index is 12.7. The van der Waals surface area contributed by atoms with Crippen LogP contribution in [0.4, 0.5) is 4.79 Å². The standard InChI is InChI=1S/C20H24N6O2/c1-13(15-10-21-26(11-15)16-5-4-6-17(9-16)28-3)22-20(27)25-8-7-18-19(12-25)24-14(2)23-18/h4-6,9-11,13H,7-8,12H2,1-3H3,(H,22,27)(H,23,24)/t13-/m1/s1. The van der Waals surface area contributed by atoms with Crippen molar-refractivity contribution < 1.29 is 9.53 Å². The molecule has 1 aliphatic rings. The Bertz CT molecular complexity index is 992. The lowest BCUT2D eigenvalue weighted by molar-refractivity contribution is 0.188. The van der Waals surface area contributed by atoms with Crippen molar-refractivity contribution in [2.75, 3.05) is 13.7 Å². The fourth-order valence-electron chi connectivity index (χ4n) is 3.42. The Morgan fingerprint density at radius 2 is 2.25 bits per heavy atom. The molecule has 8 nitrogen and oxygen atoms in total. The quantitative estimate of drug-likeness (QED) is 0.728. The molecule has 1 aliphatic heterocycles. The molecule has 0 fully saturated rings. The van der Waals surface area contributed by atoms with E-state index in [9.17, 15) is 4.79 Å². The van der Waals surface area contributed by atoms with Crippen LogP contribution < -0.4 is 10.1 Å². The van der Waals surface area contributed by atoms with E-state index in [2.05, 4.69) is 20.4 Å². The molecule has 3 heterocycles. The molecule has 4 rings (SSSR count). The van der Waals surface area contributed by atoms with Crippen LogP contribution in [0.25, 0.3) is 5.69 Å². The largest absolute Gasteiger partial charge is 0.497 e. The summed E-state index contributed by atoms with van der Waals surface area (Å²) in [4.78, 5) is 22.2. The molecule has 0 saturated heterocycles. The number of methoxy groups -OCH3 is 1. The highest BCUT2D eigenvalue weighted by molar-refractivity contribution is 5.75. The zero-order chi connectivity index (χ0) is 19.7. The molecule has 2 amide bonds. The summed E-state index contributed by atoms with van der Waals surface area (Å²) in [6, 6.07) is 7.44. The molecule has 0 bridgehead atoms. The highest BCUT2D eigenvalue weighted by atomic mass is 16.5. The number of carbonyl (C=O) groups excluding carboxylic acids is 1. The Morgan fingerprint density at radius 1 is 1.39 bits per heavy atom. The first-order valence-corrected chi connectivity index (χ1v) is 9.32. The maximum absolute atomic E-state index is 12.7. The number of aryl methyl sites for hydroxylation is 1. The van der Waals surface area contributed by atoms with E-state index in [1.54, 1.807) is 18.0 Å². The van der Waals surface area contributed by atoms with Gasteiger partial charge in [0.05, 0.1) is 43.0 Å². The van der Waals surface area contributed by atoms with E-state index in [-0.39, 0.29) is 12.1 Å². The van der Waals surface area contributed by atoms with E-state index in [1.807, 2.05) is 49.2 Å². The molecule has 2 aromatic heterocycles. The van der Waals surface area contributed by atoms with E-state index < -0.39 is 0 Å². The molecule has 0 aliphatic carbocycles. The summed E-state index contributed by atoms with van der Waals surface area (Å²) < 4.78 is 7.05. The molecule has 8 heteroatoms. The van der Waals surface area contributed by atoms with Crippen molar-refractivity contribution in [3.05, 3.63) is 59.4 Å².